The molecule has 2 aromatic heterocycles. The van der Waals surface area contributed by atoms with Crippen LogP contribution in [-0.4, -0.2) is 40.9 Å². The van der Waals surface area contributed by atoms with Gasteiger partial charge < -0.3 is 24.1 Å². The number of Topliss-reactive ketones (excluding diaryl/α,β-unsaturated/α-hetero) is 1. The third-order valence-electron chi connectivity index (χ3n) is 7.36. The number of ketones is 1. The van der Waals surface area contributed by atoms with Crippen molar-refractivity contribution < 1.29 is 33.7 Å². The second kappa shape index (κ2) is 17.7. The van der Waals surface area contributed by atoms with Crippen LogP contribution >= 0.6 is 46.3 Å². The summed E-state index contributed by atoms with van der Waals surface area (Å²) in [5.74, 6) is -0.537. The third kappa shape index (κ3) is 9.54. The Labute approximate surface area is 297 Å². The Bertz CT molecular complexity index is 1880. The van der Waals surface area contributed by atoms with Crippen molar-refractivity contribution in [3.05, 3.63) is 108 Å². The number of carbonyl (C=O) groups is 2. The Balaban J connectivity index is 1.40. The van der Waals surface area contributed by atoms with E-state index in [1.807, 2.05) is 31.2 Å². The van der Waals surface area contributed by atoms with Crippen molar-refractivity contribution in [2.75, 3.05) is 13.7 Å². The van der Waals surface area contributed by atoms with Gasteiger partial charge in [-0.25, -0.2) is 4.79 Å². The van der Waals surface area contributed by atoms with Crippen molar-refractivity contribution in [3.8, 4) is 11.5 Å². The van der Waals surface area contributed by atoms with Crippen molar-refractivity contribution in [1.82, 2.24) is 0 Å². The Morgan fingerprint density at radius 1 is 1.10 bits per heavy atom. The second-order valence-electron chi connectivity index (χ2n) is 10.8. The van der Waals surface area contributed by atoms with Gasteiger partial charge in [0.15, 0.2) is 11.2 Å². The largest absolute Gasteiger partial charge is 0.507 e. The van der Waals surface area contributed by atoms with Crippen LogP contribution < -0.4 is 10.2 Å². The molecule has 2 unspecified atom stereocenters. The van der Waals surface area contributed by atoms with Crippen LogP contribution in [0.5, 0.6) is 11.5 Å². The predicted molar refractivity (Wildman–Crippen MR) is 192 cm³/mol. The number of ether oxygens (including phenoxy) is 2. The molecule has 0 saturated heterocycles. The Kier molecular flexibility index (Phi) is 13.8. The van der Waals surface area contributed by atoms with Crippen LogP contribution in [0.2, 0.25) is 8.67 Å². The summed E-state index contributed by atoms with van der Waals surface area (Å²) in [6.45, 7) is 3.91. The molecular weight excluding hydrogens is 695 g/mol. The molecule has 0 saturated carbocycles. The average Bonchev–Trinajstić information content (AvgIpc) is 3.40. The van der Waals surface area contributed by atoms with Crippen LogP contribution in [-0.2, 0) is 11.2 Å². The topological polar surface area (TPSA) is 123 Å². The van der Waals surface area contributed by atoms with E-state index in [2.05, 4.69) is 0 Å². The Morgan fingerprint density at radius 3 is 2.58 bits per heavy atom. The molecule has 2 atom stereocenters. The number of phenols is 1. The van der Waals surface area contributed by atoms with E-state index >= 15 is 0 Å². The molecule has 2 N–H and O–H groups in total. The monoisotopic (exact) mass is 730 g/mol. The lowest BCUT2D eigenvalue weighted by Gasteiger charge is -2.19. The third-order valence-corrected chi connectivity index (χ3v) is 10.1. The first kappa shape index (κ1) is 37.3. The molecule has 0 spiro atoms. The molecule has 254 valence electrons. The minimum Gasteiger partial charge on any atom is -0.507 e. The fourth-order valence-corrected chi connectivity index (χ4v) is 7.55. The van der Waals surface area contributed by atoms with Crippen LogP contribution in [0, 0.1) is 0 Å². The molecule has 2 heterocycles. The zero-order chi connectivity index (χ0) is 34.8. The van der Waals surface area contributed by atoms with Gasteiger partial charge in [-0.15, -0.1) is 23.1 Å². The number of methoxy groups -OCH3 is 1. The molecule has 4 rings (SSSR count). The number of aromatic hydroxyl groups is 1. The predicted octanol–water partition coefficient (Wildman–Crippen LogP) is 9.36. The number of aliphatic hydroxyl groups is 1. The first-order chi connectivity index (χ1) is 23.0. The average molecular weight is 732 g/mol. The molecule has 0 amide bonds. The highest BCUT2D eigenvalue weighted by atomic mass is 35.5. The molecule has 0 aliphatic rings. The quantitative estimate of drug-likeness (QED) is 0.0382. The number of rotatable bonds is 16. The number of unbranched alkanes of at least 4 members (excludes halogenated alkanes) is 2. The first-order valence-corrected chi connectivity index (χ1v) is 17.8. The van der Waals surface area contributed by atoms with Crippen LogP contribution in [0.4, 0.5) is 0 Å². The summed E-state index contributed by atoms with van der Waals surface area (Å²) in [7, 11) is 1.21. The number of aliphatic hydroxyl groups excluding tert-OH is 1. The van der Waals surface area contributed by atoms with Gasteiger partial charge in [-0.2, -0.15) is 0 Å². The molecule has 0 bridgehead atoms. The molecule has 2 aromatic carbocycles. The van der Waals surface area contributed by atoms with Crippen molar-refractivity contribution in [3.63, 3.8) is 0 Å². The van der Waals surface area contributed by atoms with E-state index in [1.54, 1.807) is 36.4 Å². The maximum Gasteiger partial charge on any atom is 0.374 e. The molecule has 12 heteroatoms. The highest BCUT2D eigenvalue weighted by Gasteiger charge is 2.24. The van der Waals surface area contributed by atoms with E-state index in [4.69, 9.17) is 37.1 Å². The summed E-state index contributed by atoms with van der Waals surface area (Å²) in [4.78, 5) is 37.0. The van der Waals surface area contributed by atoms with Crippen LogP contribution in [0.3, 0.4) is 0 Å². The number of allylic oxidation sites excluding steroid dienone is 3. The zero-order valence-electron chi connectivity index (χ0n) is 26.7. The van der Waals surface area contributed by atoms with Crippen LogP contribution in [0.15, 0.2) is 80.9 Å². The fraction of sp³-hybridized carbons (Fsp3) is 0.306. The van der Waals surface area contributed by atoms with E-state index in [0.717, 1.165) is 31.7 Å². The molecule has 0 fully saturated rings. The summed E-state index contributed by atoms with van der Waals surface area (Å²) >= 11 is 15.0. The maximum absolute atomic E-state index is 12.5. The van der Waals surface area contributed by atoms with Gasteiger partial charge in [-0.1, -0.05) is 60.9 Å². The molecule has 4 aromatic rings. The van der Waals surface area contributed by atoms with E-state index in [1.165, 1.54) is 37.1 Å². The number of hydrogen-bond acceptors (Lipinski definition) is 10. The molecule has 0 aliphatic carbocycles. The molecule has 0 aliphatic heterocycles. The van der Waals surface area contributed by atoms with Gasteiger partial charge in [0.1, 0.15) is 21.4 Å². The van der Waals surface area contributed by atoms with Gasteiger partial charge in [-0.05, 0) is 69.0 Å². The number of halogens is 2. The number of hydrogen-bond donors (Lipinski definition) is 2. The molecule has 48 heavy (non-hydrogen) atoms. The first-order valence-electron chi connectivity index (χ1n) is 15.3. The number of benzene rings is 2. The van der Waals surface area contributed by atoms with Gasteiger partial charge in [0.25, 0.3) is 0 Å². The highest BCUT2D eigenvalue weighted by Crippen LogP contribution is 2.41. The van der Waals surface area contributed by atoms with E-state index in [9.17, 15) is 24.6 Å². The molecule has 0 radical (unpaired) electrons. The summed E-state index contributed by atoms with van der Waals surface area (Å²) < 4.78 is 17.1. The van der Waals surface area contributed by atoms with Gasteiger partial charge >= 0.3 is 5.97 Å². The summed E-state index contributed by atoms with van der Waals surface area (Å²) in [5, 5.41) is 21.7. The van der Waals surface area contributed by atoms with Crippen molar-refractivity contribution in [1.29, 1.82) is 0 Å². The van der Waals surface area contributed by atoms with E-state index in [-0.39, 0.29) is 28.3 Å². The Morgan fingerprint density at radius 2 is 1.90 bits per heavy atom. The molecule has 8 nitrogen and oxygen atoms in total. The smallest absolute Gasteiger partial charge is 0.374 e. The zero-order valence-corrected chi connectivity index (χ0v) is 29.8. The number of carbonyl (C=O) groups excluding carboxylic acids is 2. The van der Waals surface area contributed by atoms with Crippen molar-refractivity contribution in [2.45, 2.75) is 62.2 Å². The number of thiophene rings is 1. The molecular formula is C36H36Cl2O8S2. The number of fused-ring (bicyclic) bond motifs is 1. The SMILES string of the molecule is CCCc1c(OCCCC/C=C\C=C\C(Sc2ccc3c(=O)cc(C(=O)OC)oc3c2)C(O)c2cc(Cl)sc2Cl)ccc(C(C)=O)c1O. The van der Waals surface area contributed by atoms with Gasteiger partial charge in [0.05, 0.1) is 40.4 Å². The van der Waals surface area contributed by atoms with Gasteiger partial charge in [-0.3, -0.25) is 9.59 Å². The second-order valence-corrected chi connectivity index (χ2v) is 14.4. The standard InChI is InChI=1S/C36H36Cl2O8S2/c1-4-11-25-28(16-15-23(21(2)39)33(25)41)45-17-10-8-6-5-7-9-12-31(34(42)26-19-32(37)48-35(26)38)47-22-13-14-24-27(40)20-30(36(43)44-3)46-29(24)18-22/h5,7,9,12-16,18-20,31,34,41-42H,4,6,8,10-11,17H2,1-3H3/b7-5-,12-9+. The summed E-state index contributed by atoms with van der Waals surface area (Å²) in [5.41, 5.74) is 1.32. The minimum absolute atomic E-state index is 0.00226. The van der Waals surface area contributed by atoms with Gasteiger partial charge in [0.2, 0.25) is 5.76 Å². The Hall–Kier alpha value is -3.54. The lowest BCUT2D eigenvalue weighted by Crippen LogP contribution is -2.12. The summed E-state index contributed by atoms with van der Waals surface area (Å²) in [6.07, 6.45) is 10.5. The number of esters is 1. The lowest BCUT2D eigenvalue weighted by atomic mass is 10.0. The van der Waals surface area contributed by atoms with Crippen molar-refractivity contribution >= 4 is 69.0 Å². The van der Waals surface area contributed by atoms with Crippen LogP contribution in [0.1, 0.15) is 77.7 Å². The van der Waals surface area contributed by atoms with Gasteiger partial charge in [0, 0.05) is 22.1 Å². The normalized spacial score (nSPS) is 13.0. The highest BCUT2D eigenvalue weighted by molar-refractivity contribution is 8.00. The van der Waals surface area contributed by atoms with E-state index in [0.29, 0.717) is 54.4 Å². The lowest BCUT2D eigenvalue weighted by molar-refractivity contribution is 0.0565. The number of thioether (sulfide) groups is 1. The number of phenolic OH excluding ortho intramolecular Hbond substituents is 1. The minimum atomic E-state index is -1.00. The van der Waals surface area contributed by atoms with Crippen molar-refractivity contribution in [2.24, 2.45) is 0 Å². The maximum atomic E-state index is 12.5. The summed E-state index contributed by atoms with van der Waals surface area (Å²) in [6, 6.07) is 11.1. The fourth-order valence-electron chi connectivity index (χ4n) is 4.93. The van der Waals surface area contributed by atoms with Crippen LogP contribution in [0.25, 0.3) is 11.0 Å². The van der Waals surface area contributed by atoms with E-state index < -0.39 is 17.3 Å².